The van der Waals surface area contributed by atoms with Crippen LogP contribution >= 0.6 is 0 Å². The Hall–Kier alpha value is -2.32. The van der Waals surface area contributed by atoms with Crippen LogP contribution in [-0.2, 0) is 14.4 Å². The molecule has 0 aliphatic carbocycles. The predicted octanol–water partition coefficient (Wildman–Crippen LogP) is -2.71. The highest BCUT2D eigenvalue weighted by molar-refractivity contribution is 5.97. The van der Waals surface area contributed by atoms with Gasteiger partial charge in [-0.2, -0.15) is 0 Å². The van der Waals surface area contributed by atoms with Crippen molar-refractivity contribution in [3.63, 3.8) is 0 Å². The summed E-state index contributed by atoms with van der Waals surface area (Å²) in [6.07, 6.45) is 1.26. The number of amides is 3. The van der Waals surface area contributed by atoms with Crippen LogP contribution in [0.4, 0.5) is 0 Å². The minimum atomic E-state index is -0.705. The van der Waals surface area contributed by atoms with E-state index in [0.717, 1.165) is 0 Å². The van der Waals surface area contributed by atoms with Crippen LogP contribution < -0.4 is 27.8 Å². The Morgan fingerprint density at radius 1 is 1.05 bits per heavy atom. The lowest BCUT2D eigenvalue weighted by atomic mass is 10.0. The number of hydrogen-bond donors (Lipinski definition) is 5. The maximum Gasteiger partial charge on any atom is 0.243 e. The number of piperazine rings is 1. The first-order chi connectivity index (χ1) is 9.40. The number of nitrogens with one attached hydrogen (secondary N) is 2. The molecule has 3 amide bonds. The van der Waals surface area contributed by atoms with Gasteiger partial charge in [0, 0.05) is 13.0 Å². The standard InChI is InChI=1S/C11H20N6O3/c12-8(18)4-3-7-10(20)16-6(9(19)17-7)2-1-5-15-11(13)14/h6-7H,1-5H2,(H2,12,18)(H,16,20)(H,17,19)(H4,13,14,15)/t6-,7-/m0/s1. The molecule has 1 saturated heterocycles. The van der Waals surface area contributed by atoms with Gasteiger partial charge in [0.15, 0.2) is 5.96 Å². The molecule has 0 unspecified atom stereocenters. The fourth-order valence-corrected chi connectivity index (χ4v) is 1.87. The van der Waals surface area contributed by atoms with Crippen molar-refractivity contribution in [2.75, 3.05) is 6.54 Å². The van der Waals surface area contributed by atoms with Gasteiger partial charge in [-0.15, -0.1) is 0 Å². The van der Waals surface area contributed by atoms with E-state index < -0.39 is 18.0 Å². The number of carbonyl (C=O) groups is 3. The number of hydrogen-bond acceptors (Lipinski definition) is 4. The molecular weight excluding hydrogens is 264 g/mol. The number of nitrogens with two attached hydrogens (primary N) is 3. The molecule has 1 rings (SSSR count). The fraction of sp³-hybridized carbons (Fsp3) is 0.636. The van der Waals surface area contributed by atoms with Crippen LogP contribution in [0.3, 0.4) is 0 Å². The first-order valence-electron chi connectivity index (χ1n) is 6.34. The molecule has 0 bridgehead atoms. The molecule has 1 fully saturated rings. The van der Waals surface area contributed by atoms with E-state index in [1.165, 1.54) is 0 Å². The van der Waals surface area contributed by atoms with Crippen molar-refractivity contribution in [1.29, 1.82) is 0 Å². The van der Waals surface area contributed by atoms with Gasteiger partial charge in [-0.05, 0) is 19.3 Å². The van der Waals surface area contributed by atoms with E-state index in [9.17, 15) is 14.4 Å². The van der Waals surface area contributed by atoms with Gasteiger partial charge in [0.05, 0.1) is 0 Å². The number of primary amides is 1. The van der Waals surface area contributed by atoms with E-state index in [2.05, 4.69) is 15.6 Å². The van der Waals surface area contributed by atoms with E-state index in [1.807, 2.05) is 0 Å². The molecule has 0 aromatic heterocycles. The molecule has 1 heterocycles. The topological polar surface area (TPSA) is 166 Å². The summed E-state index contributed by atoms with van der Waals surface area (Å²) in [5.74, 6) is -1.10. The maximum absolute atomic E-state index is 11.8. The predicted molar refractivity (Wildman–Crippen MR) is 72.2 cm³/mol. The second-order valence-corrected chi connectivity index (χ2v) is 4.58. The van der Waals surface area contributed by atoms with Gasteiger partial charge in [-0.25, -0.2) is 0 Å². The third-order valence-electron chi connectivity index (χ3n) is 2.89. The molecule has 0 saturated carbocycles. The SMILES string of the molecule is NC(=O)CC[C@@H]1NC(=O)[C@H](CCCN=C(N)N)NC1=O. The summed E-state index contributed by atoms with van der Waals surface area (Å²) >= 11 is 0. The average Bonchev–Trinajstić information content (AvgIpc) is 2.36. The summed E-state index contributed by atoms with van der Waals surface area (Å²) in [6, 6.07) is -1.30. The Kier molecular flexibility index (Phi) is 5.75. The van der Waals surface area contributed by atoms with Gasteiger partial charge in [-0.3, -0.25) is 19.4 Å². The number of carbonyl (C=O) groups excluding carboxylic acids is 3. The first-order valence-corrected chi connectivity index (χ1v) is 6.34. The smallest absolute Gasteiger partial charge is 0.243 e. The van der Waals surface area contributed by atoms with E-state index >= 15 is 0 Å². The molecule has 0 aromatic carbocycles. The van der Waals surface area contributed by atoms with Crippen LogP contribution in [-0.4, -0.2) is 42.3 Å². The van der Waals surface area contributed by atoms with Crippen LogP contribution in [0, 0.1) is 0 Å². The molecule has 20 heavy (non-hydrogen) atoms. The van der Waals surface area contributed by atoms with Crippen molar-refractivity contribution in [2.24, 2.45) is 22.2 Å². The highest BCUT2D eigenvalue weighted by Crippen LogP contribution is 2.07. The van der Waals surface area contributed by atoms with Crippen molar-refractivity contribution in [3.05, 3.63) is 0 Å². The summed E-state index contributed by atoms with van der Waals surface area (Å²) in [6.45, 7) is 0.396. The van der Waals surface area contributed by atoms with Crippen LogP contribution in [0.1, 0.15) is 25.7 Å². The summed E-state index contributed by atoms with van der Waals surface area (Å²) in [5, 5.41) is 5.19. The minimum absolute atomic E-state index is 0.00588. The van der Waals surface area contributed by atoms with Gasteiger partial charge in [0.2, 0.25) is 17.7 Å². The number of aliphatic imine (C=N–C) groups is 1. The normalized spacial score (nSPS) is 21.8. The summed E-state index contributed by atoms with van der Waals surface area (Å²) < 4.78 is 0. The van der Waals surface area contributed by atoms with Gasteiger partial charge >= 0.3 is 0 Å². The second-order valence-electron chi connectivity index (χ2n) is 4.58. The van der Waals surface area contributed by atoms with Crippen LogP contribution in [0.5, 0.6) is 0 Å². The molecular formula is C11H20N6O3. The first kappa shape index (κ1) is 15.7. The van der Waals surface area contributed by atoms with E-state index in [4.69, 9.17) is 17.2 Å². The van der Waals surface area contributed by atoms with Crippen LogP contribution in [0.25, 0.3) is 0 Å². The lowest BCUT2D eigenvalue weighted by Crippen LogP contribution is -2.61. The number of nitrogens with zero attached hydrogens (tertiary/aromatic N) is 1. The Morgan fingerprint density at radius 3 is 2.10 bits per heavy atom. The number of rotatable bonds is 7. The van der Waals surface area contributed by atoms with Gasteiger partial charge < -0.3 is 27.8 Å². The van der Waals surface area contributed by atoms with Gasteiger partial charge in [0.25, 0.3) is 0 Å². The van der Waals surface area contributed by atoms with Gasteiger partial charge in [0.1, 0.15) is 12.1 Å². The molecule has 0 radical (unpaired) electrons. The molecule has 2 atom stereocenters. The molecule has 1 aliphatic heterocycles. The van der Waals surface area contributed by atoms with Crippen molar-refractivity contribution in [2.45, 2.75) is 37.8 Å². The molecule has 8 N–H and O–H groups in total. The third kappa shape index (κ3) is 5.12. The Bertz CT molecular complexity index is 418. The maximum atomic E-state index is 11.8. The molecule has 0 spiro atoms. The Morgan fingerprint density at radius 2 is 1.60 bits per heavy atom. The second kappa shape index (κ2) is 7.31. The molecule has 0 aromatic rings. The largest absolute Gasteiger partial charge is 0.370 e. The van der Waals surface area contributed by atoms with E-state index in [-0.39, 0.29) is 30.6 Å². The molecule has 1 aliphatic rings. The van der Waals surface area contributed by atoms with Crippen molar-refractivity contribution >= 4 is 23.7 Å². The highest BCUT2D eigenvalue weighted by Gasteiger charge is 2.32. The quantitative estimate of drug-likeness (QED) is 0.194. The number of guanidine groups is 1. The average molecular weight is 284 g/mol. The minimum Gasteiger partial charge on any atom is -0.370 e. The summed E-state index contributed by atoms with van der Waals surface area (Å²) in [5.41, 5.74) is 15.4. The molecule has 9 heteroatoms. The zero-order valence-corrected chi connectivity index (χ0v) is 11.1. The van der Waals surface area contributed by atoms with Crippen LogP contribution in [0.15, 0.2) is 4.99 Å². The van der Waals surface area contributed by atoms with Crippen molar-refractivity contribution in [3.8, 4) is 0 Å². The van der Waals surface area contributed by atoms with Crippen molar-refractivity contribution in [1.82, 2.24) is 10.6 Å². The van der Waals surface area contributed by atoms with E-state index in [0.29, 0.717) is 19.4 Å². The highest BCUT2D eigenvalue weighted by atomic mass is 16.2. The van der Waals surface area contributed by atoms with Crippen LogP contribution in [0.2, 0.25) is 0 Å². The van der Waals surface area contributed by atoms with E-state index in [1.54, 1.807) is 0 Å². The lowest BCUT2D eigenvalue weighted by Gasteiger charge is -2.29. The van der Waals surface area contributed by atoms with Gasteiger partial charge in [-0.1, -0.05) is 0 Å². The molecule has 112 valence electrons. The zero-order valence-electron chi connectivity index (χ0n) is 11.1. The summed E-state index contributed by atoms with van der Waals surface area (Å²) in [7, 11) is 0. The molecule has 9 nitrogen and oxygen atoms in total. The Balaban J connectivity index is 2.39. The van der Waals surface area contributed by atoms with Crippen molar-refractivity contribution < 1.29 is 14.4 Å². The zero-order chi connectivity index (χ0) is 15.1. The fourth-order valence-electron chi connectivity index (χ4n) is 1.87. The monoisotopic (exact) mass is 284 g/mol. The summed E-state index contributed by atoms with van der Waals surface area (Å²) in [4.78, 5) is 38.0. The lowest BCUT2D eigenvalue weighted by molar-refractivity contribution is -0.137. The Labute approximate surface area is 116 Å². The third-order valence-corrected chi connectivity index (χ3v) is 2.89.